The van der Waals surface area contributed by atoms with Crippen LogP contribution in [0, 0.1) is 18.8 Å². The number of carbonyl (C=O) groups excluding carboxylic acids is 2. The number of amides is 2. The summed E-state index contributed by atoms with van der Waals surface area (Å²) in [6.07, 6.45) is 2.76. The molecule has 1 aromatic carbocycles. The van der Waals surface area contributed by atoms with Crippen LogP contribution in [0.4, 0.5) is 0 Å². The highest BCUT2D eigenvalue weighted by molar-refractivity contribution is 6.06. The summed E-state index contributed by atoms with van der Waals surface area (Å²) >= 11 is 0. The number of primary amides is 1. The smallest absolute Gasteiger partial charge is 0.270 e. The number of hydrogen-bond donors (Lipinski definition) is 3. The van der Waals surface area contributed by atoms with Gasteiger partial charge in [0.15, 0.2) is 11.3 Å². The minimum Gasteiger partial charge on any atom is -0.372 e. The standard InChI is InChI=1S/C24H21N5O4/c1-12-8-18(28-33-12)24(2,32)7-6-13-4-5-16-14-10-15(11-14)29-20(23(31)26-3)19(21(25)30)27-22(29)17(16)9-13/h4-5,8-10,15,32H,11H2,1-3H3,(H2,25,30)(H,26,31)/t15?,24-/m1/s1. The van der Waals surface area contributed by atoms with E-state index >= 15 is 0 Å². The van der Waals surface area contributed by atoms with Gasteiger partial charge >= 0.3 is 0 Å². The third kappa shape index (κ3) is 3.23. The predicted octanol–water partition coefficient (Wildman–Crippen LogP) is 1.91. The second kappa shape index (κ2) is 7.18. The molecule has 0 spiro atoms. The van der Waals surface area contributed by atoms with E-state index in [9.17, 15) is 14.7 Å². The van der Waals surface area contributed by atoms with Gasteiger partial charge in [0, 0.05) is 24.2 Å². The van der Waals surface area contributed by atoms with E-state index in [0.717, 1.165) is 16.7 Å². The Morgan fingerprint density at radius 3 is 2.73 bits per heavy atom. The quantitative estimate of drug-likeness (QED) is 0.529. The molecular formula is C24H21N5O4. The van der Waals surface area contributed by atoms with Gasteiger partial charge in [0.05, 0.1) is 6.04 Å². The first-order valence-corrected chi connectivity index (χ1v) is 10.4. The van der Waals surface area contributed by atoms with E-state index in [2.05, 4.69) is 33.4 Å². The number of allylic oxidation sites excluding steroid dienone is 2. The van der Waals surface area contributed by atoms with Crippen LogP contribution in [0.3, 0.4) is 0 Å². The summed E-state index contributed by atoms with van der Waals surface area (Å²) in [5.41, 5.74) is 7.90. The van der Waals surface area contributed by atoms with E-state index in [1.54, 1.807) is 24.5 Å². The first-order valence-electron chi connectivity index (χ1n) is 10.4. The normalized spacial score (nSPS) is 17.2. The summed E-state index contributed by atoms with van der Waals surface area (Å²) in [6.45, 7) is 3.28. The zero-order valence-corrected chi connectivity index (χ0v) is 18.3. The number of nitrogens with zero attached hydrogens (tertiary/aromatic N) is 3. The number of carbonyl (C=O) groups is 2. The van der Waals surface area contributed by atoms with Crippen molar-refractivity contribution < 1.29 is 19.2 Å². The molecule has 3 aromatic rings. The molecule has 0 saturated heterocycles. The van der Waals surface area contributed by atoms with Crippen LogP contribution < -0.4 is 11.1 Å². The van der Waals surface area contributed by atoms with Gasteiger partial charge in [0.1, 0.15) is 23.0 Å². The fraction of sp³-hybridized carbons (Fsp3) is 0.250. The Bertz CT molecular complexity index is 1430. The Hall–Kier alpha value is -4.16. The summed E-state index contributed by atoms with van der Waals surface area (Å²) in [5.74, 6) is 5.69. The van der Waals surface area contributed by atoms with Gasteiger partial charge < -0.3 is 25.2 Å². The maximum atomic E-state index is 12.6. The highest BCUT2D eigenvalue weighted by Crippen LogP contribution is 2.47. The molecule has 9 nitrogen and oxygen atoms in total. The molecule has 2 bridgehead atoms. The molecule has 2 atom stereocenters. The van der Waals surface area contributed by atoms with Gasteiger partial charge in [-0.05, 0) is 43.5 Å². The first-order chi connectivity index (χ1) is 15.7. The lowest BCUT2D eigenvalue weighted by Gasteiger charge is -2.26. The molecular weight excluding hydrogens is 422 g/mol. The van der Waals surface area contributed by atoms with Crippen molar-refractivity contribution in [1.29, 1.82) is 0 Å². The number of nitrogens with two attached hydrogens (primary N) is 1. The Morgan fingerprint density at radius 2 is 2.09 bits per heavy atom. The maximum absolute atomic E-state index is 12.6. The molecule has 3 aliphatic rings. The lowest BCUT2D eigenvalue weighted by molar-refractivity contribution is 0.0933. The van der Waals surface area contributed by atoms with Crippen molar-refractivity contribution in [2.45, 2.75) is 31.9 Å². The van der Waals surface area contributed by atoms with Gasteiger partial charge in [-0.15, -0.1) is 0 Å². The number of imidazole rings is 1. The molecule has 9 heteroatoms. The fourth-order valence-electron chi connectivity index (χ4n) is 4.18. The summed E-state index contributed by atoms with van der Waals surface area (Å²) in [7, 11) is 1.50. The van der Waals surface area contributed by atoms with Crippen LogP contribution in [0.15, 0.2) is 34.9 Å². The van der Waals surface area contributed by atoms with Crippen molar-refractivity contribution in [2.75, 3.05) is 7.05 Å². The van der Waals surface area contributed by atoms with Gasteiger partial charge in [0.25, 0.3) is 11.8 Å². The minimum atomic E-state index is -1.50. The molecule has 1 aliphatic carbocycles. The monoisotopic (exact) mass is 443 g/mol. The average Bonchev–Trinajstić information content (AvgIpc) is 3.30. The maximum Gasteiger partial charge on any atom is 0.270 e. The Kier molecular flexibility index (Phi) is 4.51. The molecule has 0 fully saturated rings. The van der Waals surface area contributed by atoms with Gasteiger partial charge in [-0.3, -0.25) is 9.59 Å². The van der Waals surface area contributed by atoms with Crippen molar-refractivity contribution >= 4 is 17.4 Å². The number of hydrogen-bond acceptors (Lipinski definition) is 6. The Labute approximate surface area is 189 Å². The van der Waals surface area contributed by atoms with E-state index in [-0.39, 0.29) is 17.4 Å². The van der Waals surface area contributed by atoms with Crippen LogP contribution >= 0.6 is 0 Å². The van der Waals surface area contributed by atoms with Crippen molar-refractivity contribution in [3.8, 4) is 23.2 Å². The molecule has 0 saturated carbocycles. The van der Waals surface area contributed by atoms with Gasteiger partial charge in [0.2, 0.25) is 0 Å². The lowest BCUT2D eigenvalue weighted by Crippen LogP contribution is -2.28. The van der Waals surface area contributed by atoms with Crippen LogP contribution in [0.1, 0.15) is 62.9 Å². The Morgan fingerprint density at radius 1 is 1.33 bits per heavy atom. The van der Waals surface area contributed by atoms with Crippen molar-refractivity contribution in [1.82, 2.24) is 20.0 Å². The van der Waals surface area contributed by atoms with Crippen LogP contribution in [0.5, 0.6) is 0 Å². The first kappa shape index (κ1) is 20.7. The number of benzene rings is 1. The largest absolute Gasteiger partial charge is 0.372 e. The van der Waals surface area contributed by atoms with E-state index in [4.69, 9.17) is 10.3 Å². The van der Waals surface area contributed by atoms with E-state index < -0.39 is 17.4 Å². The molecule has 2 aromatic heterocycles. The summed E-state index contributed by atoms with van der Waals surface area (Å²) in [6, 6.07) is 7.17. The van der Waals surface area contributed by atoms with Gasteiger partial charge in [-0.2, -0.15) is 0 Å². The summed E-state index contributed by atoms with van der Waals surface area (Å²) in [4.78, 5) is 29.2. The zero-order valence-electron chi connectivity index (χ0n) is 18.3. The molecule has 4 heterocycles. The molecule has 2 amide bonds. The SMILES string of the molecule is CNC(=O)c1c(C(N)=O)nc2n1C1C=C(C1)c1ccc(C#C[C@@](C)(O)c3cc(C)on3)cc1-2. The third-order valence-corrected chi connectivity index (χ3v) is 5.92. The van der Waals surface area contributed by atoms with Crippen LogP contribution in [0.25, 0.3) is 17.0 Å². The molecule has 1 unspecified atom stereocenters. The predicted molar refractivity (Wildman–Crippen MR) is 119 cm³/mol. The van der Waals surface area contributed by atoms with Crippen molar-refractivity contribution in [3.05, 3.63) is 64.3 Å². The van der Waals surface area contributed by atoms with Gasteiger partial charge in [-0.1, -0.05) is 29.1 Å². The number of rotatable bonds is 3. The van der Waals surface area contributed by atoms with Crippen molar-refractivity contribution in [3.63, 3.8) is 0 Å². The number of aromatic nitrogens is 3. The second-order valence-electron chi connectivity index (χ2n) is 8.31. The molecule has 166 valence electrons. The van der Waals surface area contributed by atoms with E-state index in [1.807, 2.05) is 18.2 Å². The number of aliphatic hydroxyl groups is 1. The lowest BCUT2D eigenvalue weighted by atomic mass is 9.86. The highest BCUT2D eigenvalue weighted by Gasteiger charge is 2.37. The second-order valence-corrected chi connectivity index (χ2v) is 8.31. The van der Waals surface area contributed by atoms with Crippen LogP contribution in [-0.4, -0.2) is 38.7 Å². The van der Waals surface area contributed by atoms with Crippen LogP contribution in [0.2, 0.25) is 0 Å². The summed E-state index contributed by atoms with van der Waals surface area (Å²) in [5, 5.41) is 17.1. The topological polar surface area (TPSA) is 136 Å². The van der Waals surface area contributed by atoms with E-state index in [1.165, 1.54) is 7.05 Å². The molecule has 4 N–H and O–H groups in total. The Balaban J connectivity index is 1.64. The number of aryl methyl sites for hydroxylation is 1. The zero-order chi connectivity index (χ0) is 23.5. The van der Waals surface area contributed by atoms with Crippen LogP contribution in [-0.2, 0) is 5.60 Å². The number of nitrogens with one attached hydrogen (secondary N) is 1. The fourth-order valence-corrected chi connectivity index (χ4v) is 4.18. The third-order valence-electron chi connectivity index (χ3n) is 5.92. The van der Waals surface area contributed by atoms with E-state index in [0.29, 0.717) is 29.3 Å². The molecule has 0 radical (unpaired) electrons. The molecule has 33 heavy (non-hydrogen) atoms. The molecule has 6 rings (SSSR count). The highest BCUT2D eigenvalue weighted by atomic mass is 16.5. The minimum absolute atomic E-state index is 0.0696. The summed E-state index contributed by atoms with van der Waals surface area (Å²) < 4.78 is 6.81. The van der Waals surface area contributed by atoms with Gasteiger partial charge in [-0.25, -0.2) is 4.98 Å². The molecule has 2 aliphatic heterocycles. The average molecular weight is 443 g/mol. The van der Waals surface area contributed by atoms with Crippen molar-refractivity contribution in [2.24, 2.45) is 5.73 Å².